The average Bonchev–Trinajstić information content (AvgIpc) is 2.76. The highest BCUT2D eigenvalue weighted by atomic mass is 32.2. The number of carbonyl (C=O) groups excluding carboxylic acids is 1. The van der Waals surface area contributed by atoms with Crippen molar-refractivity contribution in [3.63, 3.8) is 0 Å². The Labute approximate surface area is 128 Å². The zero-order valence-corrected chi connectivity index (χ0v) is 13.5. The quantitative estimate of drug-likeness (QED) is 0.806. The van der Waals surface area contributed by atoms with E-state index < -0.39 is 21.7 Å². The first-order valence-electron chi connectivity index (χ1n) is 6.74. The highest BCUT2D eigenvalue weighted by molar-refractivity contribution is 7.89. The van der Waals surface area contributed by atoms with Crippen LogP contribution in [0.15, 0.2) is 11.1 Å². The van der Waals surface area contributed by atoms with Crippen molar-refractivity contribution in [1.82, 2.24) is 15.1 Å². The van der Waals surface area contributed by atoms with E-state index in [0.29, 0.717) is 13.1 Å². The molecule has 1 aromatic heterocycles. The largest absolute Gasteiger partial charge is 0.476 e. The van der Waals surface area contributed by atoms with Gasteiger partial charge in [0.2, 0.25) is 15.9 Å². The van der Waals surface area contributed by atoms with E-state index in [0.717, 1.165) is 6.20 Å². The number of hydrogen-bond acceptors (Lipinski definition) is 6. The molecule has 2 rings (SSSR count). The van der Waals surface area contributed by atoms with Crippen LogP contribution in [0.4, 0.5) is 4.79 Å². The number of amides is 1. The number of alkyl carbamates (subject to hydrolysis) is 1. The Kier molecular flexibility index (Phi) is 4.34. The predicted octanol–water partition coefficient (Wildman–Crippen LogP) is 0.0638. The summed E-state index contributed by atoms with van der Waals surface area (Å²) < 4.78 is 34.7. The highest BCUT2D eigenvalue weighted by Crippen LogP contribution is 2.27. The van der Waals surface area contributed by atoms with E-state index in [2.05, 4.69) is 10.4 Å². The SMILES string of the molecule is CC(C)(C)OC(=O)NC[C@H]1COc2c(S(N)(=O)=O)cnn2C1. The monoisotopic (exact) mass is 332 g/mol. The van der Waals surface area contributed by atoms with Crippen molar-refractivity contribution in [3.05, 3.63) is 6.20 Å². The van der Waals surface area contributed by atoms with Gasteiger partial charge >= 0.3 is 6.09 Å². The molecule has 2 heterocycles. The average molecular weight is 332 g/mol. The summed E-state index contributed by atoms with van der Waals surface area (Å²) in [6.07, 6.45) is 0.651. The predicted molar refractivity (Wildman–Crippen MR) is 76.8 cm³/mol. The van der Waals surface area contributed by atoms with Crippen molar-refractivity contribution in [3.8, 4) is 5.88 Å². The van der Waals surface area contributed by atoms with Gasteiger partial charge in [-0.1, -0.05) is 0 Å². The number of nitrogens with zero attached hydrogens (tertiary/aromatic N) is 2. The lowest BCUT2D eigenvalue weighted by Crippen LogP contribution is -2.39. The maximum Gasteiger partial charge on any atom is 0.407 e. The summed E-state index contributed by atoms with van der Waals surface area (Å²) in [4.78, 5) is 11.5. The third-order valence-electron chi connectivity index (χ3n) is 2.89. The highest BCUT2D eigenvalue weighted by Gasteiger charge is 2.28. The Morgan fingerprint density at radius 1 is 1.59 bits per heavy atom. The zero-order valence-electron chi connectivity index (χ0n) is 12.7. The number of nitrogens with two attached hydrogens (primary N) is 1. The molecule has 124 valence electrons. The Balaban J connectivity index is 1.94. The maximum absolute atomic E-state index is 11.6. The van der Waals surface area contributed by atoms with Crippen LogP contribution in [0, 0.1) is 5.92 Å². The third-order valence-corrected chi connectivity index (χ3v) is 3.78. The van der Waals surface area contributed by atoms with Crippen LogP contribution in [0.1, 0.15) is 20.8 Å². The molecule has 0 spiro atoms. The lowest BCUT2D eigenvalue weighted by Gasteiger charge is -2.25. The summed E-state index contributed by atoms with van der Waals surface area (Å²) in [5.41, 5.74) is -0.563. The Bertz CT molecular complexity index is 662. The van der Waals surface area contributed by atoms with Crippen LogP contribution in [0.5, 0.6) is 5.88 Å². The van der Waals surface area contributed by atoms with Crippen LogP contribution in [0.2, 0.25) is 0 Å². The second kappa shape index (κ2) is 5.76. The smallest absolute Gasteiger partial charge is 0.407 e. The minimum absolute atomic E-state index is 0.0479. The molecule has 1 amide bonds. The van der Waals surface area contributed by atoms with Crippen molar-refractivity contribution in [1.29, 1.82) is 0 Å². The fourth-order valence-electron chi connectivity index (χ4n) is 1.99. The van der Waals surface area contributed by atoms with Crippen LogP contribution < -0.4 is 15.2 Å². The second-order valence-corrected chi connectivity index (χ2v) is 7.63. The minimum atomic E-state index is -3.86. The molecule has 10 heteroatoms. The van der Waals surface area contributed by atoms with Crippen LogP contribution in [0.25, 0.3) is 0 Å². The second-order valence-electron chi connectivity index (χ2n) is 6.10. The van der Waals surface area contributed by atoms with Gasteiger partial charge in [0.15, 0.2) is 4.90 Å². The first kappa shape index (κ1) is 16.6. The van der Waals surface area contributed by atoms with Crippen molar-refractivity contribution in [2.45, 2.75) is 37.8 Å². The molecule has 1 aliphatic heterocycles. The number of rotatable bonds is 3. The van der Waals surface area contributed by atoms with Crippen molar-refractivity contribution in [2.24, 2.45) is 11.1 Å². The molecule has 0 bridgehead atoms. The van der Waals surface area contributed by atoms with E-state index in [4.69, 9.17) is 14.6 Å². The van der Waals surface area contributed by atoms with E-state index in [1.54, 1.807) is 20.8 Å². The van der Waals surface area contributed by atoms with Crippen molar-refractivity contribution >= 4 is 16.1 Å². The standard InChI is InChI=1S/C12H20N4O5S/c1-12(2,3)21-11(17)14-4-8-6-16-10(20-7-8)9(5-15-16)22(13,18)19/h5,8H,4,6-7H2,1-3H3,(H,14,17)(H2,13,18,19)/t8-/m1/s1. The van der Waals surface area contributed by atoms with Gasteiger partial charge in [-0.25, -0.2) is 23.0 Å². The van der Waals surface area contributed by atoms with Gasteiger partial charge in [-0.05, 0) is 20.8 Å². The van der Waals surface area contributed by atoms with Gasteiger partial charge in [-0.15, -0.1) is 0 Å². The molecule has 0 aromatic carbocycles. The van der Waals surface area contributed by atoms with Gasteiger partial charge in [-0.2, -0.15) is 5.10 Å². The molecule has 0 aliphatic carbocycles. The van der Waals surface area contributed by atoms with Crippen LogP contribution in [0.3, 0.4) is 0 Å². The fourth-order valence-corrected chi connectivity index (χ4v) is 2.59. The van der Waals surface area contributed by atoms with E-state index in [1.165, 1.54) is 4.68 Å². The lowest BCUT2D eigenvalue weighted by atomic mass is 10.1. The summed E-state index contributed by atoms with van der Waals surface area (Å²) in [6, 6.07) is 0. The van der Waals surface area contributed by atoms with E-state index in [1.807, 2.05) is 0 Å². The van der Waals surface area contributed by atoms with Gasteiger partial charge in [0.25, 0.3) is 0 Å². The molecule has 0 unspecified atom stereocenters. The number of carbonyl (C=O) groups is 1. The number of fused-ring (bicyclic) bond motifs is 1. The molecule has 0 saturated carbocycles. The van der Waals surface area contributed by atoms with Gasteiger partial charge < -0.3 is 14.8 Å². The molecular formula is C12H20N4O5S. The Hall–Kier alpha value is -1.81. The summed E-state index contributed by atoms with van der Waals surface area (Å²) >= 11 is 0. The molecule has 22 heavy (non-hydrogen) atoms. The molecule has 0 radical (unpaired) electrons. The lowest BCUT2D eigenvalue weighted by molar-refractivity contribution is 0.0503. The first-order valence-corrected chi connectivity index (χ1v) is 8.29. The van der Waals surface area contributed by atoms with Crippen LogP contribution in [-0.2, 0) is 21.3 Å². The Morgan fingerprint density at radius 3 is 2.86 bits per heavy atom. The summed E-state index contributed by atoms with van der Waals surface area (Å²) in [6.45, 7) is 6.34. The summed E-state index contributed by atoms with van der Waals surface area (Å²) in [7, 11) is -3.86. The molecular weight excluding hydrogens is 312 g/mol. The minimum Gasteiger partial charge on any atom is -0.476 e. The summed E-state index contributed by atoms with van der Waals surface area (Å²) in [5, 5.41) is 11.7. The van der Waals surface area contributed by atoms with Crippen LogP contribution in [-0.4, -0.2) is 43.0 Å². The maximum atomic E-state index is 11.6. The topological polar surface area (TPSA) is 126 Å². The third kappa shape index (κ3) is 4.10. The number of ether oxygens (including phenoxy) is 2. The van der Waals surface area contributed by atoms with E-state index in [9.17, 15) is 13.2 Å². The molecule has 1 aliphatic rings. The number of primary sulfonamides is 1. The molecule has 0 fully saturated rings. The van der Waals surface area contributed by atoms with Gasteiger partial charge in [0.1, 0.15) is 5.60 Å². The van der Waals surface area contributed by atoms with E-state index >= 15 is 0 Å². The number of sulfonamides is 1. The fraction of sp³-hybridized carbons (Fsp3) is 0.667. The van der Waals surface area contributed by atoms with E-state index in [-0.39, 0.29) is 23.3 Å². The number of hydrogen-bond donors (Lipinski definition) is 2. The molecule has 3 N–H and O–H groups in total. The normalized spacial score (nSPS) is 18.3. The number of nitrogens with one attached hydrogen (secondary N) is 1. The molecule has 1 atom stereocenters. The van der Waals surface area contributed by atoms with Gasteiger partial charge in [0, 0.05) is 12.5 Å². The van der Waals surface area contributed by atoms with Gasteiger partial charge in [0.05, 0.1) is 19.3 Å². The van der Waals surface area contributed by atoms with Crippen molar-refractivity contribution in [2.75, 3.05) is 13.2 Å². The number of aromatic nitrogens is 2. The van der Waals surface area contributed by atoms with Gasteiger partial charge in [-0.3, -0.25) is 0 Å². The molecule has 1 aromatic rings. The zero-order chi connectivity index (χ0) is 16.5. The summed E-state index contributed by atoms with van der Waals surface area (Å²) in [5.74, 6) is 0.0873. The molecule has 0 saturated heterocycles. The molecule has 9 nitrogen and oxygen atoms in total. The van der Waals surface area contributed by atoms with Crippen LogP contribution >= 0.6 is 0 Å². The van der Waals surface area contributed by atoms with Crippen molar-refractivity contribution < 1.29 is 22.7 Å². The first-order chi connectivity index (χ1) is 10.1. The Morgan fingerprint density at radius 2 is 2.27 bits per heavy atom.